The van der Waals surface area contributed by atoms with Gasteiger partial charge in [-0.25, -0.2) is 0 Å². The molecule has 0 aromatic rings. The van der Waals surface area contributed by atoms with Crippen LogP contribution in [0.25, 0.3) is 0 Å². The van der Waals surface area contributed by atoms with Gasteiger partial charge in [-0.2, -0.15) is 0 Å². The molecular weight excluding hydrogens is 467 g/mol. The molecule has 3 fully saturated rings. The molecule has 0 aromatic carbocycles. The molecule has 0 saturated heterocycles. The van der Waals surface area contributed by atoms with Gasteiger partial charge in [-0.15, -0.1) is 9.93 Å². The van der Waals surface area contributed by atoms with Gasteiger partial charge in [0, 0.05) is 5.92 Å². The number of hydrogen-bond donors (Lipinski definition) is 0. The Hall–Kier alpha value is 0.150. The lowest BCUT2D eigenvalue weighted by Gasteiger charge is -2.58. The Morgan fingerprint density at radius 3 is 2.20 bits per heavy atom. The molecule has 4 heteroatoms. The van der Waals surface area contributed by atoms with Gasteiger partial charge in [-0.3, -0.25) is 0 Å². The molecule has 208 valence electrons. The van der Waals surface area contributed by atoms with Crippen LogP contribution in [0.15, 0.2) is 11.6 Å². The summed E-state index contributed by atoms with van der Waals surface area (Å²) in [5.74, 6) is 3.38. The number of carbonyl (C=O) groups is 1. The van der Waals surface area contributed by atoms with E-state index in [1.165, 1.54) is 51.2 Å². The van der Waals surface area contributed by atoms with E-state index in [0.717, 1.165) is 30.6 Å². The van der Waals surface area contributed by atoms with Crippen molar-refractivity contribution in [1.29, 1.82) is 0 Å². The second-order valence-corrected chi connectivity index (χ2v) is 17.7. The summed E-state index contributed by atoms with van der Waals surface area (Å²) in [4.78, 5) is 11.8. The van der Waals surface area contributed by atoms with Crippen LogP contribution in [0, 0.1) is 40.4 Å². The third kappa shape index (κ3) is 6.97. The summed E-state index contributed by atoms with van der Waals surface area (Å²) < 4.78 is 6.43. The number of allylic oxidation sites excluding steroid dienone is 1. The van der Waals surface area contributed by atoms with Crippen molar-refractivity contribution in [2.45, 2.75) is 126 Å². The largest absolute Gasteiger partial charge is 0.330 e. The zero-order chi connectivity index (χ0) is 27.0. The van der Waals surface area contributed by atoms with E-state index in [9.17, 15) is 4.79 Å². The van der Waals surface area contributed by atoms with Gasteiger partial charge in [0.15, 0.2) is 0 Å². The molecular formula is C31H61O2PS. The molecule has 4 rings (SSSR count). The molecule has 0 amide bonds. The number of rotatable bonds is 5. The third-order valence-electron chi connectivity index (χ3n) is 9.68. The first kappa shape index (κ1) is 33.2. The Morgan fingerprint density at radius 1 is 1.03 bits per heavy atom. The molecule has 0 N–H and O–H groups in total. The van der Waals surface area contributed by atoms with E-state index in [1.54, 1.807) is 5.57 Å². The van der Waals surface area contributed by atoms with Gasteiger partial charge in [-0.1, -0.05) is 82.4 Å². The van der Waals surface area contributed by atoms with E-state index in [0.29, 0.717) is 22.9 Å². The standard InChI is InChI=1S/C25H43O2PS.3C2H6/c1-6-17(16-26)21-9-10-22-20-8-7-18-15-19(27-29(4,5)28)11-13-24(18,2)23(20)12-14-25(21,22)3;3*1-2/h7,16-17,19-23H,6,8-15,28H2,1-5H3;3*1-2H3. The fourth-order valence-electron chi connectivity index (χ4n) is 8.28. The molecule has 0 radical (unpaired) electrons. The van der Waals surface area contributed by atoms with Crippen molar-refractivity contribution in [2.75, 3.05) is 12.5 Å². The van der Waals surface area contributed by atoms with Gasteiger partial charge in [0.25, 0.3) is 0 Å². The van der Waals surface area contributed by atoms with Crippen LogP contribution in [-0.4, -0.2) is 24.9 Å². The van der Waals surface area contributed by atoms with E-state index in [-0.39, 0.29) is 5.92 Å². The Morgan fingerprint density at radius 2 is 1.66 bits per heavy atom. The molecule has 2 nitrogen and oxygen atoms in total. The van der Waals surface area contributed by atoms with Crippen LogP contribution in [0.2, 0.25) is 0 Å². The lowest BCUT2D eigenvalue weighted by atomic mass is 9.47. The molecule has 3 saturated carbocycles. The molecule has 0 aromatic heterocycles. The van der Waals surface area contributed by atoms with Gasteiger partial charge in [0.05, 0.1) is 6.10 Å². The SMILES string of the molecule is CC.CC.CC.CCC(C=O)C1CCC2C3CC=C4CC(OS(C)(C)P)CCC4(C)C3CCC12C. The summed E-state index contributed by atoms with van der Waals surface area (Å²) in [6, 6.07) is 0. The van der Waals surface area contributed by atoms with Crippen LogP contribution in [0.5, 0.6) is 0 Å². The molecule has 4 aliphatic carbocycles. The summed E-state index contributed by atoms with van der Waals surface area (Å²) in [5, 5.41) is 0. The van der Waals surface area contributed by atoms with Crippen LogP contribution >= 0.6 is 18.4 Å². The third-order valence-corrected chi connectivity index (χ3v) is 10.8. The van der Waals surface area contributed by atoms with Gasteiger partial charge in [0.2, 0.25) is 0 Å². The molecule has 0 aliphatic heterocycles. The summed E-state index contributed by atoms with van der Waals surface area (Å²) in [7, 11) is 1.95. The highest BCUT2D eigenvalue weighted by Gasteiger charge is 2.59. The lowest BCUT2D eigenvalue weighted by molar-refractivity contribution is -0.116. The molecule has 9 atom stereocenters. The zero-order valence-electron chi connectivity index (χ0n) is 25.3. The Balaban J connectivity index is 0.000000949. The van der Waals surface area contributed by atoms with Crippen LogP contribution in [0.3, 0.4) is 0 Å². The minimum Gasteiger partial charge on any atom is -0.330 e. The van der Waals surface area contributed by atoms with Crippen molar-refractivity contribution in [1.82, 2.24) is 0 Å². The first-order valence-corrected chi connectivity index (χ1v) is 18.8. The van der Waals surface area contributed by atoms with E-state index in [1.807, 2.05) is 41.5 Å². The molecule has 0 bridgehead atoms. The van der Waals surface area contributed by atoms with Gasteiger partial charge in [0.1, 0.15) is 6.29 Å². The maximum absolute atomic E-state index is 11.8. The highest BCUT2D eigenvalue weighted by Crippen LogP contribution is 2.67. The number of aldehydes is 1. The molecule has 35 heavy (non-hydrogen) atoms. The highest BCUT2D eigenvalue weighted by molar-refractivity contribution is 8.65. The van der Waals surface area contributed by atoms with Crippen molar-refractivity contribution >= 4 is 24.7 Å². The minimum absolute atomic E-state index is 0.275. The monoisotopic (exact) mass is 528 g/mol. The van der Waals surface area contributed by atoms with Crippen LogP contribution in [0.1, 0.15) is 120 Å². The second-order valence-electron chi connectivity index (χ2n) is 11.5. The Labute approximate surface area is 224 Å². The van der Waals surface area contributed by atoms with Crippen molar-refractivity contribution in [3.63, 3.8) is 0 Å². The predicted octanol–water partition coefficient (Wildman–Crippen LogP) is 10.0. The van der Waals surface area contributed by atoms with Crippen LogP contribution in [0.4, 0.5) is 0 Å². The van der Waals surface area contributed by atoms with Crippen LogP contribution in [-0.2, 0) is 8.98 Å². The average molecular weight is 529 g/mol. The van der Waals surface area contributed by atoms with Crippen molar-refractivity contribution < 1.29 is 8.98 Å². The van der Waals surface area contributed by atoms with Crippen molar-refractivity contribution in [2.24, 2.45) is 40.4 Å². The minimum atomic E-state index is -0.983. The summed E-state index contributed by atoms with van der Waals surface area (Å²) in [6.07, 6.45) is 20.1. The van der Waals surface area contributed by atoms with E-state index < -0.39 is 9.93 Å². The second kappa shape index (κ2) is 14.3. The smallest absolute Gasteiger partial charge is 0.123 e. The van der Waals surface area contributed by atoms with Gasteiger partial charge < -0.3 is 8.98 Å². The highest BCUT2D eigenvalue weighted by atomic mass is 32.8. The molecule has 0 spiro atoms. The topological polar surface area (TPSA) is 26.3 Å². The van der Waals surface area contributed by atoms with Crippen LogP contribution < -0.4 is 0 Å². The first-order valence-electron chi connectivity index (χ1n) is 15.0. The molecule has 4 aliphatic rings. The number of hydrogen-bond acceptors (Lipinski definition) is 2. The van der Waals surface area contributed by atoms with Gasteiger partial charge in [-0.05, 0) is 105 Å². The normalized spacial score (nSPS) is 38.7. The Kier molecular flexibility index (Phi) is 13.6. The maximum atomic E-state index is 11.8. The van der Waals surface area contributed by atoms with Crippen molar-refractivity contribution in [3.8, 4) is 0 Å². The number of carbonyl (C=O) groups excluding carboxylic acids is 1. The molecule has 0 heterocycles. The summed E-state index contributed by atoms with van der Waals surface area (Å²) in [6.45, 7) is 19.3. The fourth-order valence-corrected chi connectivity index (χ4v) is 9.62. The Bertz CT molecular complexity index is 671. The zero-order valence-corrected chi connectivity index (χ0v) is 27.3. The van der Waals surface area contributed by atoms with Gasteiger partial charge >= 0.3 is 0 Å². The lowest BCUT2D eigenvalue weighted by Crippen LogP contribution is -2.51. The molecule has 9 unspecified atom stereocenters. The van der Waals surface area contributed by atoms with E-state index in [2.05, 4.69) is 47.8 Å². The summed E-state index contributed by atoms with van der Waals surface area (Å²) in [5.41, 5.74) is 2.48. The van der Waals surface area contributed by atoms with E-state index in [4.69, 9.17) is 4.18 Å². The van der Waals surface area contributed by atoms with E-state index >= 15 is 0 Å². The summed E-state index contributed by atoms with van der Waals surface area (Å²) >= 11 is 0. The quantitative estimate of drug-likeness (QED) is 0.201. The number of fused-ring (bicyclic) bond motifs is 5. The fraction of sp³-hybridized carbons (Fsp3) is 0.903. The maximum Gasteiger partial charge on any atom is 0.123 e. The predicted molar refractivity (Wildman–Crippen MR) is 163 cm³/mol. The first-order chi connectivity index (χ1) is 16.6. The average Bonchev–Trinajstić information content (AvgIpc) is 3.20. The van der Waals surface area contributed by atoms with Crippen molar-refractivity contribution in [3.05, 3.63) is 11.6 Å².